The van der Waals surface area contributed by atoms with Gasteiger partial charge in [0.25, 0.3) is 0 Å². The van der Waals surface area contributed by atoms with Crippen LogP contribution in [0.15, 0.2) is 18.2 Å². The number of rotatable bonds is 5. The third-order valence-corrected chi connectivity index (χ3v) is 2.59. The van der Waals surface area contributed by atoms with Crippen molar-refractivity contribution < 1.29 is 4.74 Å². The maximum Gasteiger partial charge on any atom is 0.0797 e. The molecule has 4 heteroatoms. The molecule has 0 aromatic heterocycles. The van der Waals surface area contributed by atoms with E-state index in [0.29, 0.717) is 23.9 Å². The number of ether oxygens (including phenoxy) is 1. The molecule has 0 unspecified atom stereocenters. The van der Waals surface area contributed by atoms with Crippen LogP contribution in [0.1, 0.15) is 20.8 Å². The van der Waals surface area contributed by atoms with Gasteiger partial charge in [-0.3, -0.25) is 0 Å². The van der Waals surface area contributed by atoms with Crippen LogP contribution >= 0.6 is 11.6 Å². The summed E-state index contributed by atoms with van der Waals surface area (Å²) in [5.74, 6) is 0. The maximum absolute atomic E-state index is 6.05. The molecule has 3 nitrogen and oxygen atoms in total. The lowest BCUT2D eigenvalue weighted by atomic mass is 10.1. The first-order valence-corrected chi connectivity index (χ1v) is 5.76. The Labute approximate surface area is 102 Å². The molecule has 16 heavy (non-hydrogen) atoms. The predicted octanol–water partition coefficient (Wildman–Crippen LogP) is 3.15. The summed E-state index contributed by atoms with van der Waals surface area (Å²) in [6, 6.07) is 5.46. The molecule has 1 aromatic rings. The first-order chi connectivity index (χ1) is 7.46. The first kappa shape index (κ1) is 13.1. The molecule has 0 radical (unpaired) electrons. The van der Waals surface area contributed by atoms with Gasteiger partial charge >= 0.3 is 0 Å². The lowest BCUT2D eigenvalue weighted by Crippen LogP contribution is -2.33. The first-order valence-electron chi connectivity index (χ1n) is 5.38. The van der Waals surface area contributed by atoms with E-state index in [1.165, 1.54) is 0 Å². The van der Waals surface area contributed by atoms with Gasteiger partial charge < -0.3 is 15.8 Å². The zero-order chi connectivity index (χ0) is 12.2. The topological polar surface area (TPSA) is 47.3 Å². The lowest BCUT2D eigenvalue weighted by Gasteiger charge is -2.26. The van der Waals surface area contributed by atoms with E-state index in [2.05, 4.69) is 5.32 Å². The van der Waals surface area contributed by atoms with E-state index in [4.69, 9.17) is 22.1 Å². The molecule has 0 saturated heterocycles. The van der Waals surface area contributed by atoms with E-state index >= 15 is 0 Å². The fraction of sp³-hybridized carbons (Fsp3) is 0.500. The van der Waals surface area contributed by atoms with E-state index in [9.17, 15) is 0 Å². The van der Waals surface area contributed by atoms with Crippen LogP contribution < -0.4 is 11.1 Å². The van der Waals surface area contributed by atoms with Crippen molar-refractivity contribution in [3.05, 3.63) is 23.2 Å². The molecule has 0 saturated carbocycles. The van der Waals surface area contributed by atoms with Gasteiger partial charge in [-0.15, -0.1) is 0 Å². The van der Waals surface area contributed by atoms with Crippen LogP contribution in [0, 0.1) is 0 Å². The van der Waals surface area contributed by atoms with Gasteiger partial charge in [-0.1, -0.05) is 17.7 Å². The minimum Gasteiger partial charge on any atom is -0.397 e. The molecule has 0 fully saturated rings. The van der Waals surface area contributed by atoms with E-state index in [1.54, 1.807) is 0 Å². The van der Waals surface area contributed by atoms with Crippen molar-refractivity contribution in [1.29, 1.82) is 0 Å². The van der Waals surface area contributed by atoms with Crippen LogP contribution in [-0.4, -0.2) is 18.8 Å². The Morgan fingerprint density at radius 3 is 2.69 bits per heavy atom. The Bertz CT molecular complexity index is 333. The van der Waals surface area contributed by atoms with Crippen LogP contribution in [0.5, 0.6) is 0 Å². The Hall–Kier alpha value is -0.930. The summed E-state index contributed by atoms with van der Waals surface area (Å²) < 4.78 is 5.58. The quantitative estimate of drug-likeness (QED) is 0.780. The van der Waals surface area contributed by atoms with Crippen LogP contribution in [0.25, 0.3) is 0 Å². The van der Waals surface area contributed by atoms with Crippen molar-refractivity contribution in [3.8, 4) is 0 Å². The summed E-state index contributed by atoms with van der Waals surface area (Å²) in [7, 11) is 0. The van der Waals surface area contributed by atoms with Crippen LogP contribution in [0.3, 0.4) is 0 Å². The Kier molecular flexibility index (Phi) is 4.44. The highest BCUT2D eigenvalue weighted by Gasteiger charge is 2.18. The Morgan fingerprint density at radius 2 is 2.12 bits per heavy atom. The smallest absolute Gasteiger partial charge is 0.0797 e. The average molecular weight is 243 g/mol. The third kappa shape index (κ3) is 3.58. The van der Waals surface area contributed by atoms with E-state index in [1.807, 2.05) is 39.0 Å². The highest BCUT2D eigenvalue weighted by Crippen LogP contribution is 2.28. The van der Waals surface area contributed by atoms with Crippen LogP contribution in [-0.2, 0) is 4.74 Å². The molecule has 0 heterocycles. The largest absolute Gasteiger partial charge is 0.397 e. The molecule has 0 atom stereocenters. The summed E-state index contributed by atoms with van der Waals surface area (Å²) in [6.45, 7) is 7.38. The minimum absolute atomic E-state index is 0.236. The number of hydrogen-bond acceptors (Lipinski definition) is 3. The summed E-state index contributed by atoms with van der Waals surface area (Å²) in [6.07, 6.45) is 0. The van der Waals surface area contributed by atoms with Gasteiger partial charge in [0.2, 0.25) is 0 Å². The number of para-hydroxylation sites is 1. The molecule has 0 amide bonds. The number of benzene rings is 1. The molecular weight excluding hydrogens is 224 g/mol. The van der Waals surface area contributed by atoms with Gasteiger partial charge in [-0.2, -0.15) is 0 Å². The maximum atomic E-state index is 6.05. The molecule has 0 spiro atoms. The fourth-order valence-electron chi connectivity index (χ4n) is 1.47. The second-order valence-electron chi connectivity index (χ2n) is 4.25. The molecule has 0 bridgehead atoms. The Balaban J connectivity index is 2.68. The molecular formula is C12H19ClN2O. The number of nitrogens with two attached hydrogens (primary N) is 1. The molecule has 1 aromatic carbocycles. The number of halogens is 1. The van der Waals surface area contributed by atoms with Crippen molar-refractivity contribution in [2.24, 2.45) is 0 Å². The van der Waals surface area contributed by atoms with Gasteiger partial charge in [-0.05, 0) is 32.9 Å². The molecule has 90 valence electrons. The molecule has 3 N–H and O–H groups in total. The monoisotopic (exact) mass is 242 g/mol. The summed E-state index contributed by atoms with van der Waals surface area (Å²) in [5.41, 5.74) is 7.03. The second kappa shape index (κ2) is 5.41. The Morgan fingerprint density at radius 1 is 1.44 bits per heavy atom. The van der Waals surface area contributed by atoms with Gasteiger partial charge in [0.15, 0.2) is 0 Å². The lowest BCUT2D eigenvalue weighted by molar-refractivity contribution is 0.000713. The normalized spacial score (nSPS) is 11.5. The van der Waals surface area contributed by atoms with E-state index in [-0.39, 0.29) is 5.60 Å². The summed E-state index contributed by atoms with van der Waals surface area (Å²) in [4.78, 5) is 0. The minimum atomic E-state index is -0.236. The zero-order valence-corrected chi connectivity index (χ0v) is 10.8. The van der Waals surface area contributed by atoms with Crippen molar-refractivity contribution in [1.82, 2.24) is 0 Å². The summed E-state index contributed by atoms with van der Waals surface area (Å²) >= 11 is 6.05. The van der Waals surface area contributed by atoms with E-state index < -0.39 is 0 Å². The number of anilines is 2. The third-order valence-electron chi connectivity index (χ3n) is 2.27. The molecule has 0 aliphatic rings. The SMILES string of the molecule is CCOC(C)(C)CNc1c(N)cccc1Cl. The second-order valence-corrected chi connectivity index (χ2v) is 4.66. The van der Waals surface area contributed by atoms with Crippen LogP contribution in [0.4, 0.5) is 11.4 Å². The van der Waals surface area contributed by atoms with Crippen molar-refractivity contribution in [3.63, 3.8) is 0 Å². The van der Waals surface area contributed by atoms with Crippen molar-refractivity contribution >= 4 is 23.0 Å². The number of nitrogen functional groups attached to an aromatic ring is 1. The fourth-order valence-corrected chi connectivity index (χ4v) is 1.72. The number of nitrogens with one attached hydrogen (secondary N) is 1. The predicted molar refractivity (Wildman–Crippen MR) is 70.1 cm³/mol. The van der Waals surface area contributed by atoms with Gasteiger partial charge in [-0.25, -0.2) is 0 Å². The molecule has 0 aliphatic heterocycles. The molecule has 0 aliphatic carbocycles. The van der Waals surface area contributed by atoms with Gasteiger partial charge in [0.1, 0.15) is 0 Å². The van der Waals surface area contributed by atoms with Crippen molar-refractivity contribution in [2.45, 2.75) is 26.4 Å². The van der Waals surface area contributed by atoms with Crippen molar-refractivity contribution in [2.75, 3.05) is 24.2 Å². The molecule has 1 rings (SSSR count). The highest BCUT2D eigenvalue weighted by atomic mass is 35.5. The van der Waals surface area contributed by atoms with E-state index in [0.717, 1.165) is 5.69 Å². The highest BCUT2D eigenvalue weighted by molar-refractivity contribution is 6.33. The number of hydrogen-bond donors (Lipinski definition) is 2. The van der Waals surface area contributed by atoms with Gasteiger partial charge in [0.05, 0.1) is 22.0 Å². The zero-order valence-electron chi connectivity index (χ0n) is 10.0. The average Bonchev–Trinajstić information content (AvgIpc) is 2.16. The summed E-state index contributed by atoms with van der Waals surface area (Å²) in [5, 5.41) is 3.86. The van der Waals surface area contributed by atoms with Crippen LogP contribution in [0.2, 0.25) is 5.02 Å². The van der Waals surface area contributed by atoms with Gasteiger partial charge in [0, 0.05) is 13.2 Å². The standard InChI is InChI=1S/C12H19ClN2O/c1-4-16-12(2,3)8-15-11-9(13)6-5-7-10(11)14/h5-7,15H,4,8,14H2,1-3H3.